The summed E-state index contributed by atoms with van der Waals surface area (Å²) in [7, 11) is 0. The Kier molecular flexibility index (Phi) is 11.8. The molecule has 7 rings (SSSR count). The number of allylic oxidation sites excluding steroid dienone is 2. The molecule has 6 aromatic rings. The number of nitrogen functional groups attached to an aromatic ring is 2. The van der Waals surface area contributed by atoms with Crippen molar-refractivity contribution in [3.05, 3.63) is 179 Å². The lowest BCUT2D eigenvalue weighted by Gasteiger charge is -2.17. The molecule has 48 heavy (non-hydrogen) atoms. The number of hydrogen-bond acceptors (Lipinski definition) is 4. The highest BCUT2D eigenvalue weighted by atomic mass is 15.0. The maximum atomic E-state index is 6.60. The van der Waals surface area contributed by atoms with E-state index >= 15 is 0 Å². The van der Waals surface area contributed by atoms with Crippen molar-refractivity contribution in [1.29, 1.82) is 0 Å². The van der Waals surface area contributed by atoms with E-state index in [1.54, 1.807) is 0 Å². The molecule has 0 saturated heterocycles. The highest BCUT2D eigenvalue weighted by Crippen LogP contribution is 2.38. The Morgan fingerprint density at radius 2 is 1.21 bits per heavy atom. The molecule has 6 aromatic carbocycles. The lowest BCUT2D eigenvalue weighted by molar-refractivity contribution is 0.986. The third-order valence-corrected chi connectivity index (χ3v) is 8.42. The number of benzene rings is 6. The molecule has 0 atom stereocenters. The Bertz CT molecular complexity index is 1960. The van der Waals surface area contributed by atoms with Gasteiger partial charge in [-0.2, -0.15) is 0 Å². The summed E-state index contributed by atoms with van der Waals surface area (Å²) in [6.07, 6.45) is 11.9. The van der Waals surface area contributed by atoms with E-state index in [-0.39, 0.29) is 0 Å². The van der Waals surface area contributed by atoms with Crippen LogP contribution in [0.15, 0.2) is 152 Å². The van der Waals surface area contributed by atoms with E-state index in [0.717, 1.165) is 52.9 Å². The van der Waals surface area contributed by atoms with Crippen LogP contribution in [0.2, 0.25) is 0 Å². The Morgan fingerprint density at radius 3 is 1.88 bits per heavy atom. The van der Waals surface area contributed by atoms with Gasteiger partial charge in [-0.3, -0.25) is 11.7 Å². The molecule has 0 aliphatic heterocycles. The van der Waals surface area contributed by atoms with Gasteiger partial charge in [-0.15, -0.1) is 0 Å². The lowest BCUT2D eigenvalue weighted by Crippen LogP contribution is -2.02. The Hall–Kier alpha value is -5.68. The zero-order valence-corrected chi connectivity index (χ0v) is 27.5. The summed E-state index contributed by atoms with van der Waals surface area (Å²) < 4.78 is 0. The van der Waals surface area contributed by atoms with Crippen LogP contribution >= 0.6 is 0 Å². The van der Waals surface area contributed by atoms with Gasteiger partial charge in [-0.05, 0) is 112 Å². The van der Waals surface area contributed by atoms with Crippen molar-refractivity contribution in [3.63, 3.8) is 0 Å². The fourth-order valence-electron chi connectivity index (χ4n) is 6.12. The second-order valence-electron chi connectivity index (χ2n) is 11.7. The van der Waals surface area contributed by atoms with Gasteiger partial charge < -0.3 is 11.5 Å². The van der Waals surface area contributed by atoms with E-state index in [1.165, 1.54) is 38.9 Å². The molecule has 0 radical (unpaired) electrons. The quantitative estimate of drug-likeness (QED) is 0.0837. The monoisotopic (exact) mass is 628 g/mol. The minimum atomic E-state index is 0.730. The van der Waals surface area contributed by atoms with Crippen LogP contribution in [-0.2, 0) is 12.8 Å². The molecule has 0 aromatic heterocycles. The van der Waals surface area contributed by atoms with E-state index < -0.39 is 0 Å². The smallest absolute Gasteiger partial charge is 0.0467 e. The highest BCUT2D eigenvalue weighted by Gasteiger charge is 2.14. The van der Waals surface area contributed by atoms with Gasteiger partial charge >= 0.3 is 0 Å². The summed E-state index contributed by atoms with van der Waals surface area (Å²) in [5.74, 6) is 8.00. The molecule has 0 heterocycles. The summed E-state index contributed by atoms with van der Waals surface area (Å²) in [5, 5.41) is 0. The topological polar surface area (TPSA) is 104 Å². The maximum absolute atomic E-state index is 6.60. The number of aryl methyl sites for hydroxylation is 1. The van der Waals surface area contributed by atoms with Crippen LogP contribution in [0.1, 0.15) is 41.2 Å². The van der Waals surface area contributed by atoms with Crippen LogP contribution in [0, 0.1) is 0 Å². The molecule has 0 spiro atoms. The maximum Gasteiger partial charge on any atom is 0.0467 e. The van der Waals surface area contributed by atoms with Crippen molar-refractivity contribution in [3.8, 4) is 33.4 Å². The average Bonchev–Trinajstić information content (AvgIpc) is 3.14. The van der Waals surface area contributed by atoms with Crippen molar-refractivity contribution in [2.45, 2.75) is 26.2 Å². The van der Waals surface area contributed by atoms with E-state index in [0.29, 0.717) is 0 Å². The second kappa shape index (κ2) is 16.8. The van der Waals surface area contributed by atoms with Crippen LogP contribution in [-0.4, -0.2) is 0 Å². The molecular formula is C44H44N4. The standard InChI is InChI=1S/C31H28N2.C13H12.H4N2/c1-2-8-25-18-26(20-30(31(25)33)24-13-6-14-27(32)19-24)22-11-5-12-23(17-22)29-16-7-10-21-9-3-4-15-28(21)29;1-3-7-12(8-4-1)11-13-9-5-2-6-10-13;1-2/h2,4-8,10-20H,3,9,32-33H2,1H3;1-10H,11H2;1-2H2/b8-2-;;. The first-order chi connectivity index (χ1) is 23.6. The third-order valence-electron chi connectivity index (χ3n) is 8.42. The molecule has 0 amide bonds. The van der Waals surface area contributed by atoms with Gasteiger partial charge in [-0.1, -0.05) is 133 Å². The van der Waals surface area contributed by atoms with Crippen molar-refractivity contribution in [2.24, 2.45) is 11.7 Å². The normalized spacial score (nSPS) is 11.6. The molecule has 4 heteroatoms. The third kappa shape index (κ3) is 8.37. The largest absolute Gasteiger partial charge is 0.399 e. The first kappa shape index (κ1) is 33.7. The van der Waals surface area contributed by atoms with Gasteiger partial charge in [0.15, 0.2) is 0 Å². The molecule has 0 fully saturated rings. The van der Waals surface area contributed by atoms with Gasteiger partial charge in [0, 0.05) is 16.9 Å². The molecule has 1 aliphatic rings. The van der Waals surface area contributed by atoms with Gasteiger partial charge in [0.2, 0.25) is 0 Å². The van der Waals surface area contributed by atoms with Crippen LogP contribution in [0.4, 0.5) is 11.4 Å². The fourth-order valence-corrected chi connectivity index (χ4v) is 6.12. The summed E-state index contributed by atoms with van der Waals surface area (Å²) in [6, 6.07) is 48.8. The lowest BCUT2D eigenvalue weighted by atomic mass is 9.88. The molecule has 0 saturated carbocycles. The molecule has 0 bridgehead atoms. The van der Waals surface area contributed by atoms with Gasteiger partial charge in [0.25, 0.3) is 0 Å². The molecule has 240 valence electrons. The second-order valence-corrected chi connectivity index (χ2v) is 11.7. The Balaban J connectivity index is 0.000000250. The zero-order valence-electron chi connectivity index (χ0n) is 27.5. The molecule has 4 nitrogen and oxygen atoms in total. The van der Waals surface area contributed by atoms with Crippen LogP contribution in [0.5, 0.6) is 0 Å². The SMILES string of the molecule is C/C=C\c1cc(-c2cccc(-c3cccc4c3C=CCC4)c2)cc(-c2cccc(N)c2)c1N.NN.c1ccc(Cc2ccccc2)cc1. The van der Waals surface area contributed by atoms with Crippen LogP contribution < -0.4 is 23.2 Å². The minimum absolute atomic E-state index is 0.730. The molecule has 0 unspecified atom stereocenters. The van der Waals surface area contributed by atoms with Gasteiger partial charge in [0.1, 0.15) is 0 Å². The minimum Gasteiger partial charge on any atom is -0.399 e. The van der Waals surface area contributed by atoms with E-state index in [2.05, 4.69) is 151 Å². The van der Waals surface area contributed by atoms with Crippen molar-refractivity contribution >= 4 is 23.5 Å². The number of nitrogens with two attached hydrogens (primary N) is 4. The predicted octanol–water partition coefficient (Wildman–Crippen LogP) is 9.94. The summed E-state index contributed by atoms with van der Waals surface area (Å²) in [4.78, 5) is 0. The van der Waals surface area contributed by atoms with Crippen molar-refractivity contribution in [2.75, 3.05) is 11.5 Å². The molecule has 1 aliphatic carbocycles. The van der Waals surface area contributed by atoms with E-state index in [1.807, 2.05) is 31.2 Å². The van der Waals surface area contributed by atoms with Crippen molar-refractivity contribution in [1.82, 2.24) is 0 Å². The highest BCUT2D eigenvalue weighted by molar-refractivity contribution is 5.90. The molecular weight excluding hydrogens is 585 g/mol. The number of anilines is 2. The molecule has 8 N–H and O–H groups in total. The van der Waals surface area contributed by atoms with E-state index in [9.17, 15) is 0 Å². The summed E-state index contributed by atoms with van der Waals surface area (Å²) >= 11 is 0. The summed E-state index contributed by atoms with van der Waals surface area (Å²) in [5.41, 5.74) is 27.5. The zero-order chi connectivity index (χ0) is 33.7. The van der Waals surface area contributed by atoms with Crippen LogP contribution in [0.3, 0.4) is 0 Å². The van der Waals surface area contributed by atoms with Gasteiger partial charge in [-0.25, -0.2) is 0 Å². The summed E-state index contributed by atoms with van der Waals surface area (Å²) in [6.45, 7) is 2.01. The Morgan fingerprint density at radius 1 is 0.583 bits per heavy atom. The van der Waals surface area contributed by atoms with Crippen LogP contribution in [0.25, 0.3) is 45.5 Å². The first-order valence-corrected chi connectivity index (χ1v) is 16.3. The number of hydrogen-bond donors (Lipinski definition) is 4. The fraction of sp³-hybridized carbons (Fsp3) is 0.0909. The number of rotatable bonds is 6. The number of hydrazine groups is 1. The average molecular weight is 629 g/mol. The first-order valence-electron chi connectivity index (χ1n) is 16.3. The Labute approximate surface area is 285 Å². The number of fused-ring (bicyclic) bond motifs is 1. The van der Waals surface area contributed by atoms with Gasteiger partial charge in [0.05, 0.1) is 0 Å². The van der Waals surface area contributed by atoms with Crippen molar-refractivity contribution < 1.29 is 0 Å². The predicted molar refractivity (Wildman–Crippen MR) is 208 cm³/mol. The van der Waals surface area contributed by atoms with E-state index in [4.69, 9.17) is 11.5 Å².